The Morgan fingerprint density at radius 3 is 2.75 bits per heavy atom. The van der Waals surface area contributed by atoms with Crippen LogP contribution in [0.15, 0.2) is 60.8 Å². The van der Waals surface area contributed by atoms with Gasteiger partial charge in [0.15, 0.2) is 0 Å². The van der Waals surface area contributed by atoms with Gasteiger partial charge >= 0.3 is 0 Å². The number of para-hydroxylation sites is 2. The minimum atomic E-state index is 0.279. The standard InChI is InChI=1S/C18H16N2/c1-20-17-9-5-2-6-13(17)10-11-18(20)15-12-19-16-8-4-3-7-14(15)16/h2-12,18-19H,1H3/t18-/m0/s1. The number of benzene rings is 2. The summed E-state index contributed by atoms with van der Waals surface area (Å²) in [6.45, 7) is 0. The first kappa shape index (κ1) is 11.4. The lowest BCUT2D eigenvalue weighted by atomic mass is 9.98. The molecule has 0 aliphatic carbocycles. The summed E-state index contributed by atoms with van der Waals surface area (Å²) in [6.07, 6.45) is 6.63. The Morgan fingerprint density at radius 2 is 1.80 bits per heavy atom. The topological polar surface area (TPSA) is 19.0 Å². The second-order valence-corrected chi connectivity index (χ2v) is 5.26. The molecule has 0 saturated heterocycles. The van der Waals surface area contributed by atoms with Crippen molar-refractivity contribution < 1.29 is 0 Å². The van der Waals surface area contributed by atoms with Gasteiger partial charge in [0.2, 0.25) is 0 Å². The van der Waals surface area contributed by atoms with Gasteiger partial charge in [0.25, 0.3) is 0 Å². The quantitative estimate of drug-likeness (QED) is 0.688. The minimum Gasteiger partial charge on any atom is -0.363 e. The Morgan fingerprint density at radius 1 is 1.00 bits per heavy atom. The number of hydrogen-bond donors (Lipinski definition) is 1. The number of nitrogens with one attached hydrogen (secondary N) is 1. The summed E-state index contributed by atoms with van der Waals surface area (Å²) in [4.78, 5) is 5.71. The van der Waals surface area contributed by atoms with Gasteiger partial charge in [0.1, 0.15) is 0 Å². The molecule has 98 valence electrons. The summed E-state index contributed by atoms with van der Waals surface area (Å²) in [7, 11) is 2.16. The molecule has 2 nitrogen and oxygen atoms in total. The van der Waals surface area contributed by atoms with Gasteiger partial charge in [-0.1, -0.05) is 48.6 Å². The maximum Gasteiger partial charge on any atom is 0.0747 e. The Labute approximate surface area is 118 Å². The van der Waals surface area contributed by atoms with Crippen molar-refractivity contribution in [3.05, 3.63) is 71.9 Å². The molecule has 0 radical (unpaired) electrons. The molecule has 1 aliphatic heterocycles. The number of anilines is 1. The molecule has 2 heteroatoms. The first-order chi connectivity index (χ1) is 9.84. The highest BCUT2D eigenvalue weighted by Gasteiger charge is 2.22. The number of likely N-dealkylation sites (N-methyl/N-ethyl adjacent to an activating group) is 1. The Balaban J connectivity index is 1.85. The lowest BCUT2D eigenvalue weighted by Gasteiger charge is -2.32. The first-order valence-electron chi connectivity index (χ1n) is 6.91. The third-order valence-corrected chi connectivity index (χ3v) is 4.13. The second kappa shape index (κ2) is 4.27. The van der Waals surface area contributed by atoms with Crippen molar-refractivity contribution in [1.82, 2.24) is 4.98 Å². The number of hydrogen-bond acceptors (Lipinski definition) is 1. The first-order valence-corrected chi connectivity index (χ1v) is 6.91. The van der Waals surface area contributed by atoms with Crippen molar-refractivity contribution in [3.63, 3.8) is 0 Å². The highest BCUT2D eigenvalue weighted by Crippen LogP contribution is 2.37. The molecule has 1 aromatic heterocycles. The van der Waals surface area contributed by atoms with Crippen LogP contribution in [0.2, 0.25) is 0 Å². The predicted molar refractivity (Wildman–Crippen MR) is 84.9 cm³/mol. The molecule has 0 amide bonds. The normalized spacial score (nSPS) is 17.4. The van der Waals surface area contributed by atoms with Crippen molar-refractivity contribution in [2.75, 3.05) is 11.9 Å². The highest BCUT2D eigenvalue weighted by molar-refractivity contribution is 5.85. The van der Waals surface area contributed by atoms with Gasteiger partial charge in [-0.25, -0.2) is 0 Å². The third-order valence-electron chi connectivity index (χ3n) is 4.13. The summed E-state index contributed by atoms with van der Waals surface area (Å²) in [5.41, 5.74) is 5.09. The van der Waals surface area contributed by atoms with Gasteiger partial charge in [0, 0.05) is 35.4 Å². The van der Waals surface area contributed by atoms with Crippen LogP contribution in [0.4, 0.5) is 5.69 Å². The Kier molecular flexibility index (Phi) is 2.43. The van der Waals surface area contributed by atoms with Crippen LogP contribution in [0.3, 0.4) is 0 Å². The highest BCUT2D eigenvalue weighted by atomic mass is 15.1. The van der Waals surface area contributed by atoms with Crippen LogP contribution in [-0.4, -0.2) is 12.0 Å². The lowest BCUT2D eigenvalue weighted by Crippen LogP contribution is -2.25. The molecule has 1 N–H and O–H groups in total. The summed E-state index contributed by atoms with van der Waals surface area (Å²) in [5.74, 6) is 0. The van der Waals surface area contributed by atoms with Crippen LogP contribution < -0.4 is 4.90 Å². The van der Waals surface area contributed by atoms with Crippen LogP contribution in [0.25, 0.3) is 17.0 Å². The third kappa shape index (κ3) is 1.58. The van der Waals surface area contributed by atoms with Crippen molar-refractivity contribution in [3.8, 4) is 0 Å². The van der Waals surface area contributed by atoms with E-state index in [4.69, 9.17) is 0 Å². The molecule has 1 aliphatic rings. The Bertz CT molecular complexity index is 798. The molecule has 4 rings (SSSR count). The molecule has 20 heavy (non-hydrogen) atoms. The van der Waals surface area contributed by atoms with Crippen LogP contribution in [0, 0.1) is 0 Å². The second-order valence-electron chi connectivity index (χ2n) is 5.26. The van der Waals surface area contributed by atoms with E-state index in [9.17, 15) is 0 Å². The summed E-state index contributed by atoms with van der Waals surface area (Å²) >= 11 is 0. The van der Waals surface area contributed by atoms with Crippen molar-refractivity contribution >= 4 is 22.7 Å². The van der Waals surface area contributed by atoms with Crippen LogP contribution >= 0.6 is 0 Å². The van der Waals surface area contributed by atoms with Crippen LogP contribution in [0.1, 0.15) is 17.2 Å². The molecule has 0 unspecified atom stereocenters. The molecule has 2 heterocycles. The number of H-pyrrole nitrogens is 1. The molecule has 0 spiro atoms. The van der Waals surface area contributed by atoms with Gasteiger partial charge in [-0.15, -0.1) is 0 Å². The minimum absolute atomic E-state index is 0.279. The smallest absolute Gasteiger partial charge is 0.0747 e. The summed E-state index contributed by atoms with van der Waals surface area (Å²) in [5, 5.41) is 1.30. The number of fused-ring (bicyclic) bond motifs is 2. The van der Waals surface area contributed by atoms with E-state index in [1.807, 2.05) is 0 Å². The molecule has 3 aromatic rings. The fraction of sp³-hybridized carbons (Fsp3) is 0.111. The molecule has 0 bridgehead atoms. The van der Waals surface area contributed by atoms with E-state index >= 15 is 0 Å². The van der Waals surface area contributed by atoms with E-state index in [0.717, 1.165) is 0 Å². The molecule has 0 fully saturated rings. The van der Waals surface area contributed by atoms with E-state index in [1.165, 1.54) is 27.7 Å². The number of aromatic amines is 1. The molecule has 2 aromatic carbocycles. The molecular weight excluding hydrogens is 244 g/mol. The van der Waals surface area contributed by atoms with E-state index < -0.39 is 0 Å². The number of rotatable bonds is 1. The maximum atomic E-state index is 3.37. The SMILES string of the molecule is CN1c2ccccc2C=C[C@H]1c1c[nH]c2ccccc12. The zero-order chi connectivity index (χ0) is 13.5. The zero-order valence-corrected chi connectivity index (χ0v) is 11.4. The zero-order valence-electron chi connectivity index (χ0n) is 11.4. The fourth-order valence-electron chi connectivity index (χ4n) is 3.07. The molecule has 0 saturated carbocycles. The van der Waals surface area contributed by atoms with Gasteiger partial charge in [-0.3, -0.25) is 0 Å². The average Bonchev–Trinajstić information content (AvgIpc) is 2.92. The van der Waals surface area contributed by atoms with Gasteiger partial charge in [0.05, 0.1) is 6.04 Å². The summed E-state index contributed by atoms with van der Waals surface area (Å²) in [6, 6.07) is 17.3. The van der Waals surface area contributed by atoms with Crippen molar-refractivity contribution in [2.45, 2.75) is 6.04 Å². The van der Waals surface area contributed by atoms with Gasteiger partial charge in [-0.2, -0.15) is 0 Å². The Hall–Kier alpha value is -2.48. The fourth-order valence-corrected chi connectivity index (χ4v) is 3.07. The van der Waals surface area contributed by atoms with Gasteiger partial charge < -0.3 is 9.88 Å². The van der Waals surface area contributed by atoms with E-state index in [-0.39, 0.29) is 6.04 Å². The van der Waals surface area contributed by atoms with E-state index in [1.54, 1.807) is 0 Å². The lowest BCUT2D eigenvalue weighted by molar-refractivity contribution is 0.811. The van der Waals surface area contributed by atoms with Crippen LogP contribution in [-0.2, 0) is 0 Å². The predicted octanol–water partition coefficient (Wildman–Crippen LogP) is 4.37. The molecule has 1 atom stereocenters. The van der Waals surface area contributed by atoms with Crippen molar-refractivity contribution in [2.24, 2.45) is 0 Å². The van der Waals surface area contributed by atoms with E-state index in [0.29, 0.717) is 0 Å². The number of aromatic nitrogens is 1. The average molecular weight is 260 g/mol. The van der Waals surface area contributed by atoms with E-state index in [2.05, 4.69) is 83.8 Å². The van der Waals surface area contributed by atoms with Crippen molar-refractivity contribution in [1.29, 1.82) is 0 Å². The monoisotopic (exact) mass is 260 g/mol. The molecular formula is C18H16N2. The maximum absolute atomic E-state index is 3.37. The summed E-state index contributed by atoms with van der Waals surface area (Å²) < 4.78 is 0. The number of nitrogens with zero attached hydrogens (tertiary/aromatic N) is 1. The van der Waals surface area contributed by atoms with Gasteiger partial charge in [-0.05, 0) is 17.7 Å². The van der Waals surface area contributed by atoms with Crippen LogP contribution in [0.5, 0.6) is 0 Å². The largest absolute Gasteiger partial charge is 0.363 e.